The standard InChI is InChI=1S/C12H18ClN3O/c1-4-5-15-12(14)16-10-6-8(2)9(13)7-11(10)17-3/h6-7H,4-5H2,1-3H3,(H3,14,15,16). The fraction of sp³-hybridized carbons (Fsp3) is 0.417. The molecule has 1 aromatic carbocycles. The van der Waals surface area contributed by atoms with Gasteiger partial charge in [0.05, 0.1) is 12.8 Å². The molecule has 3 N–H and O–H groups in total. The number of guanidine groups is 1. The monoisotopic (exact) mass is 255 g/mol. The Morgan fingerprint density at radius 2 is 2.24 bits per heavy atom. The largest absolute Gasteiger partial charge is 0.495 e. The van der Waals surface area contributed by atoms with Gasteiger partial charge in [-0.1, -0.05) is 18.5 Å². The van der Waals surface area contributed by atoms with Gasteiger partial charge in [-0.25, -0.2) is 0 Å². The van der Waals surface area contributed by atoms with E-state index in [-0.39, 0.29) is 0 Å². The molecule has 0 saturated carbocycles. The SMILES string of the molecule is CCCN=C(N)Nc1cc(C)c(Cl)cc1OC. The highest BCUT2D eigenvalue weighted by atomic mass is 35.5. The molecule has 17 heavy (non-hydrogen) atoms. The molecule has 0 bridgehead atoms. The molecule has 0 aliphatic rings. The van der Waals surface area contributed by atoms with Gasteiger partial charge in [0, 0.05) is 17.6 Å². The summed E-state index contributed by atoms with van der Waals surface area (Å²) in [5, 5.41) is 3.67. The average molecular weight is 256 g/mol. The summed E-state index contributed by atoms with van der Waals surface area (Å²) < 4.78 is 5.23. The topological polar surface area (TPSA) is 59.6 Å². The number of methoxy groups -OCH3 is 1. The molecule has 0 heterocycles. The Bertz CT molecular complexity index is 418. The van der Waals surface area contributed by atoms with Crippen molar-refractivity contribution in [1.29, 1.82) is 0 Å². The van der Waals surface area contributed by atoms with E-state index in [1.807, 2.05) is 19.9 Å². The van der Waals surface area contributed by atoms with Crippen LogP contribution in [0.4, 0.5) is 5.69 Å². The molecule has 0 aliphatic carbocycles. The lowest BCUT2D eigenvalue weighted by molar-refractivity contribution is 0.417. The van der Waals surface area contributed by atoms with E-state index in [2.05, 4.69) is 10.3 Å². The van der Waals surface area contributed by atoms with Gasteiger partial charge in [-0.05, 0) is 25.0 Å². The van der Waals surface area contributed by atoms with Crippen molar-refractivity contribution < 1.29 is 4.74 Å². The van der Waals surface area contributed by atoms with E-state index in [1.54, 1.807) is 13.2 Å². The highest BCUT2D eigenvalue weighted by molar-refractivity contribution is 6.31. The van der Waals surface area contributed by atoms with Gasteiger partial charge in [0.25, 0.3) is 0 Å². The van der Waals surface area contributed by atoms with Crippen LogP contribution in [0.2, 0.25) is 5.02 Å². The molecule has 1 aromatic rings. The summed E-state index contributed by atoms with van der Waals surface area (Å²) in [6.07, 6.45) is 0.958. The zero-order valence-corrected chi connectivity index (χ0v) is 11.1. The Morgan fingerprint density at radius 3 is 2.82 bits per heavy atom. The molecule has 0 spiro atoms. The summed E-state index contributed by atoms with van der Waals surface area (Å²) in [7, 11) is 1.59. The van der Waals surface area contributed by atoms with Crippen LogP contribution in [0, 0.1) is 6.92 Å². The van der Waals surface area contributed by atoms with E-state index in [1.165, 1.54) is 0 Å². The number of ether oxygens (including phenoxy) is 1. The maximum atomic E-state index is 6.02. The fourth-order valence-corrected chi connectivity index (χ4v) is 1.49. The lowest BCUT2D eigenvalue weighted by atomic mass is 10.2. The van der Waals surface area contributed by atoms with Crippen LogP contribution >= 0.6 is 11.6 Å². The number of rotatable bonds is 4. The van der Waals surface area contributed by atoms with Gasteiger partial charge in [-0.3, -0.25) is 4.99 Å². The second-order valence-electron chi connectivity index (χ2n) is 3.69. The zero-order valence-electron chi connectivity index (χ0n) is 10.4. The van der Waals surface area contributed by atoms with Crippen LogP contribution in [0.3, 0.4) is 0 Å². The Labute approximate surface area is 107 Å². The van der Waals surface area contributed by atoms with Crippen molar-refractivity contribution in [2.24, 2.45) is 10.7 Å². The van der Waals surface area contributed by atoms with Crippen molar-refractivity contribution in [3.05, 3.63) is 22.7 Å². The lowest BCUT2D eigenvalue weighted by Crippen LogP contribution is -2.23. The normalized spacial score (nSPS) is 11.4. The molecule has 0 aromatic heterocycles. The molecule has 94 valence electrons. The summed E-state index contributed by atoms with van der Waals surface area (Å²) in [6, 6.07) is 3.64. The maximum Gasteiger partial charge on any atom is 0.193 e. The first kappa shape index (κ1) is 13.6. The van der Waals surface area contributed by atoms with E-state index in [9.17, 15) is 0 Å². The van der Waals surface area contributed by atoms with Crippen LogP contribution in [0.15, 0.2) is 17.1 Å². The van der Waals surface area contributed by atoms with Gasteiger partial charge >= 0.3 is 0 Å². The number of anilines is 1. The first-order valence-corrected chi connectivity index (χ1v) is 5.87. The van der Waals surface area contributed by atoms with Gasteiger partial charge in [0.2, 0.25) is 0 Å². The number of aryl methyl sites for hydroxylation is 1. The van der Waals surface area contributed by atoms with Gasteiger partial charge in [0.15, 0.2) is 5.96 Å². The third kappa shape index (κ3) is 3.82. The molecule has 1 rings (SSSR count). The van der Waals surface area contributed by atoms with Crippen LogP contribution in [-0.2, 0) is 0 Å². The number of halogens is 1. The van der Waals surface area contributed by atoms with Crippen LogP contribution in [-0.4, -0.2) is 19.6 Å². The van der Waals surface area contributed by atoms with Crippen LogP contribution in [0.1, 0.15) is 18.9 Å². The quantitative estimate of drug-likeness (QED) is 0.643. The van der Waals surface area contributed by atoms with Crippen molar-refractivity contribution >= 4 is 23.2 Å². The molecule has 0 radical (unpaired) electrons. The van der Waals surface area contributed by atoms with Crippen molar-refractivity contribution in [3.63, 3.8) is 0 Å². The molecule has 4 nitrogen and oxygen atoms in total. The molecular weight excluding hydrogens is 238 g/mol. The lowest BCUT2D eigenvalue weighted by Gasteiger charge is -2.12. The number of hydrogen-bond acceptors (Lipinski definition) is 2. The van der Waals surface area contributed by atoms with Crippen molar-refractivity contribution in [2.75, 3.05) is 19.0 Å². The number of benzene rings is 1. The molecule has 5 heteroatoms. The second kappa shape index (κ2) is 6.35. The van der Waals surface area contributed by atoms with E-state index in [4.69, 9.17) is 22.1 Å². The van der Waals surface area contributed by atoms with E-state index < -0.39 is 0 Å². The molecule has 0 aliphatic heterocycles. The van der Waals surface area contributed by atoms with E-state index in [0.717, 1.165) is 17.7 Å². The molecular formula is C12H18ClN3O. The third-order valence-corrected chi connectivity index (χ3v) is 2.66. The minimum Gasteiger partial charge on any atom is -0.495 e. The third-order valence-electron chi connectivity index (χ3n) is 2.25. The van der Waals surface area contributed by atoms with Crippen molar-refractivity contribution in [2.45, 2.75) is 20.3 Å². The van der Waals surface area contributed by atoms with Crippen molar-refractivity contribution in [1.82, 2.24) is 0 Å². The van der Waals surface area contributed by atoms with E-state index >= 15 is 0 Å². The number of nitrogens with two attached hydrogens (primary N) is 1. The molecule has 0 fully saturated rings. The molecule has 0 saturated heterocycles. The molecule has 0 atom stereocenters. The van der Waals surface area contributed by atoms with Crippen LogP contribution < -0.4 is 15.8 Å². The fourth-order valence-electron chi connectivity index (χ4n) is 1.34. The summed E-state index contributed by atoms with van der Waals surface area (Å²) >= 11 is 6.02. The van der Waals surface area contributed by atoms with Crippen LogP contribution in [0.5, 0.6) is 5.75 Å². The highest BCUT2D eigenvalue weighted by Crippen LogP contribution is 2.30. The Balaban J connectivity index is 2.93. The maximum absolute atomic E-state index is 6.02. The van der Waals surface area contributed by atoms with Gasteiger partial charge < -0.3 is 15.8 Å². The first-order valence-electron chi connectivity index (χ1n) is 5.49. The first-order chi connectivity index (χ1) is 8.08. The van der Waals surface area contributed by atoms with Gasteiger partial charge in [-0.15, -0.1) is 0 Å². The van der Waals surface area contributed by atoms with E-state index in [0.29, 0.717) is 23.3 Å². The van der Waals surface area contributed by atoms with Crippen molar-refractivity contribution in [3.8, 4) is 5.75 Å². The Kier molecular flexibility index (Phi) is 5.10. The predicted molar refractivity (Wildman–Crippen MR) is 73.1 cm³/mol. The number of nitrogens with zero attached hydrogens (tertiary/aromatic N) is 1. The minimum atomic E-state index is 0.381. The highest BCUT2D eigenvalue weighted by Gasteiger charge is 2.07. The summed E-state index contributed by atoms with van der Waals surface area (Å²) in [5.74, 6) is 1.03. The smallest absolute Gasteiger partial charge is 0.193 e. The Hall–Kier alpha value is -1.42. The Morgan fingerprint density at radius 1 is 1.53 bits per heavy atom. The van der Waals surface area contributed by atoms with Crippen LogP contribution in [0.25, 0.3) is 0 Å². The minimum absolute atomic E-state index is 0.381. The average Bonchev–Trinajstić information content (AvgIpc) is 2.31. The summed E-state index contributed by atoms with van der Waals surface area (Å²) in [6.45, 7) is 4.67. The zero-order chi connectivity index (χ0) is 12.8. The number of hydrogen-bond donors (Lipinski definition) is 2. The number of aliphatic imine (C=N–C) groups is 1. The predicted octanol–water partition coefficient (Wildman–Crippen LogP) is 2.79. The van der Waals surface area contributed by atoms with Gasteiger partial charge in [0.1, 0.15) is 5.75 Å². The molecule has 0 unspecified atom stereocenters. The number of nitrogens with one attached hydrogen (secondary N) is 1. The summed E-state index contributed by atoms with van der Waals surface area (Å²) in [5.41, 5.74) is 7.48. The van der Waals surface area contributed by atoms with Gasteiger partial charge in [-0.2, -0.15) is 0 Å². The second-order valence-corrected chi connectivity index (χ2v) is 4.10. The summed E-state index contributed by atoms with van der Waals surface area (Å²) in [4.78, 5) is 4.16. The molecule has 0 amide bonds.